The third-order valence-corrected chi connectivity index (χ3v) is 4.36. The Morgan fingerprint density at radius 3 is 2.66 bits per heavy atom. The molecule has 0 fully saturated rings. The van der Waals surface area contributed by atoms with Crippen molar-refractivity contribution in [1.29, 1.82) is 5.26 Å². The first-order valence-electron chi connectivity index (χ1n) is 9.04. The quantitative estimate of drug-likeness (QED) is 0.640. The molecule has 2 aromatic heterocycles. The minimum Gasteiger partial charge on any atom is -0.493 e. The molecule has 1 atom stereocenters. The van der Waals surface area contributed by atoms with E-state index in [1.54, 1.807) is 43.5 Å². The molecule has 1 amide bonds. The molecular weight excluding hydrogens is 370 g/mol. The van der Waals surface area contributed by atoms with Crippen LogP contribution in [-0.4, -0.2) is 46.0 Å². The number of carbonyl (C=O) groups excluding carboxylic acids is 1. The lowest BCUT2D eigenvalue weighted by atomic mass is 10.1. The molecule has 0 spiro atoms. The number of benzene rings is 1. The summed E-state index contributed by atoms with van der Waals surface area (Å²) < 4.78 is 6.34. The van der Waals surface area contributed by atoms with Gasteiger partial charge >= 0.3 is 0 Å². The molecule has 3 aromatic rings. The molecule has 8 heteroatoms. The smallest absolute Gasteiger partial charge is 0.252 e. The van der Waals surface area contributed by atoms with E-state index < -0.39 is 0 Å². The van der Waals surface area contributed by atoms with E-state index in [0.29, 0.717) is 35.7 Å². The van der Waals surface area contributed by atoms with Crippen molar-refractivity contribution in [3.8, 4) is 28.9 Å². The molecule has 8 nitrogen and oxygen atoms in total. The fourth-order valence-electron chi connectivity index (χ4n) is 2.80. The van der Waals surface area contributed by atoms with Gasteiger partial charge in [-0.3, -0.25) is 4.79 Å². The topological polar surface area (TPSA) is 113 Å². The average Bonchev–Trinajstić information content (AvgIpc) is 3.13. The van der Waals surface area contributed by atoms with Crippen molar-refractivity contribution >= 4 is 5.91 Å². The minimum absolute atomic E-state index is 0.0761. The predicted octanol–water partition coefficient (Wildman–Crippen LogP) is 2.52. The van der Waals surface area contributed by atoms with Crippen LogP contribution >= 0.6 is 0 Å². The van der Waals surface area contributed by atoms with Crippen LogP contribution in [0.3, 0.4) is 0 Å². The molecule has 1 unspecified atom stereocenters. The van der Waals surface area contributed by atoms with Crippen molar-refractivity contribution < 1.29 is 14.6 Å². The molecule has 148 valence electrons. The van der Waals surface area contributed by atoms with Crippen LogP contribution in [0.1, 0.15) is 22.8 Å². The van der Waals surface area contributed by atoms with Crippen LogP contribution in [0.2, 0.25) is 0 Å². The van der Waals surface area contributed by atoms with Crippen molar-refractivity contribution in [2.24, 2.45) is 5.92 Å². The van der Waals surface area contributed by atoms with E-state index in [4.69, 9.17) is 10.00 Å². The van der Waals surface area contributed by atoms with Gasteiger partial charge in [-0.15, -0.1) is 0 Å². The Bertz CT molecular complexity index is 1020. The molecule has 0 aliphatic heterocycles. The summed E-state index contributed by atoms with van der Waals surface area (Å²) in [6.45, 7) is 3.05. The van der Waals surface area contributed by atoms with Crippen LogP contribution in [-0.2, 0) is 4.74 Å². The Labute approximate surface area is 168 Å². The maximum absolute atomic E-state index is 12.2. The number of amides is 1. The third-order valence-electron chi connectivity index (χ3n) is 4.36. The zero-order valence-corrected chi connectivity index (χ0v) is 16.2. The van der Waals surface area contributed by atoms with Crippen molar-refractivity contribution in [1.82, 2.24) is 20.1 Å². The highest BCUT2D eigenvalue weighted by Gasteiger charge is 2.15. The SMILES string of the molecule is COCC(C)CNC(=O)c1ccc(-n2ncc(-c3ccc(C#N)cc3)c2O)nc1. The van der Waals surface area contributed by atoms with Crippen LogP contribution in [0.5, 0.6) is 5.88 Å². The first-order valence-corrected chi connectivity index (χ1v) is 9.04. The van der Waals surface area contributed by atoms with Gasteiger partial charge in [0.15, 0.2) is 5.82 Å². The number of methoxy groups -OCH3 is 1. The van der Waals surface area contributed by atoms with Gasteiger partial charge in [0.25, 0.3) is 5.91 Å². The lowest BCUT2D eigenvalue weighted by Gasteiger charge is -2.11. The molecule has 0 saturated heterocycles. The number of nitriles is 1. The number of pyridine rings is 1. The number of rotatable bonds is 7. The number of nitrogens with zero attached hydrogens (tertiary/aromatic N) is 4. The van der Waals surface area contributed by atoms with E-state index >= 15 is 0 Å². The molecule has 0 saturated carbocycles. The second kappa shape index (κ2) is 8.99. The van der Waals surface area contributed by atoms with Gasteiger partial charge in [-0.25, -0.2) is 4.98 Å². The predicted molar refractivity (Wildman–Crippen MR) is 107 cm³/mol. The highest BCUT2D eigenvalue weighted by molar-refractivity contribution is 5.93. The van der Waals surface area contributed by atoms with E-state index in [9.17, 15) is 9.90 Å². The lowest BCUT2D eigenvalue weighted by Crippen LogP contribution is -2.30. The molecule has 0 aliphatic carbocycles. The maximum Gasteiger partial charge on any atom is 0.252 e. The Hall–Kier alpha value is -3.70. The van der Waals surface area contributed by atoms with Crippen molar-refractivity contribution in [3.05, 3.63) is 59.9 Å². The highest BCUT2D eigenvalue weighted by Crippen LogP contribution is 2.30. The van der Waals surface area contributed by atoms with Gasteiger partial charge in [0.05, 0.1) is 35.6 Å². The highest BCUT2D eigenvalue weighted by atomic mass is 16.5. The van der Waals surface area contributed by atoms with Gasteiger partial charge in [-0.05, 0) is 35.7 Å². The normalized spacial score (nSPS) is 11.6. The molecule has 1 aromatic carbocycles. The van der Waals surface area contributed by atoms with Gasteiger partial charge in [0.2, 0.25) is 5.88 Å². The average molecular weight is 391 g/mol. The number of hydrogen-bond acceptors (Lipinski definition) is 6. The van der Waals surface area contributed by atoms with Crippen molar-refractivity contribution in [2.45, 2.75) is 6.92 Å². The molecule has 0 radical (unpaired) electrons. The van der Waals surface area contributed by atoms with Crippen LogP contribution in [0.25, 0.3) is 16.9 Å². The summed E-state index contributed by atoms with van der Waals surface area (Å²) in [4.78, 5) is 16.5. The standard InChI is InChI=1S/C21H21N5O3/c1-14(13-29-2)10-24-20(27)17-7-8-19(23-11-17)26-21(28)18(12-25-26)16-5-3-15(9-22)4-6-16/h3-8,11-12,14,28H,10,13H2,1-2H3,(H,24,27). The van der Waals surface area contributed by atoms with Gasteiger partial charge in [0, 0.05) is 19.9 Å². The summed E-state index contributed by atoms with van der Waals surface area (Å²) >= 11 is 0. The largest absolute Gasteiger partial charge is 0.493 e. The first kappa shape index (κ1) is 20.0. The molecule has 2 N–H and O–H groups in total. The number of nitrogens with one attached hydrogen (secondary N) is 1. The fraction of sp³-hybridized carbons (Fsp3) is 0.238. The number of hydrogen-bond donors (Lipinski definition) is 2. The zero-order valence-electron chi connectivity index (χ0n) is 16.2. The van der Waals surface area contributed by atoms with Gasteiger partial charge in [-0.2, -0.15) is 15.0 Å². The number of carbonyl (C=O) groups is 1. The summed E-state index contributed by atoms with van der Waals surface area (Å²) in [6.07, 6.45) is 2.96. The summed E-state index contributed by atoms with van der Waals surface area (Å²) in [5, 5.41) is 26.5. The molecule has 29 heavy (non-hydrogen) atoms. The summed E-state index contributed by atoms with van der Waals surface area (Å²) in [5.41, 5.74) is 2.20. The van der Waals surface area contributed by atoms with Crippen LogP contribution in [0, 0.1) is 17.2 Å². The number of aromatic nitrogens is 3. The van der Waals surface area contributed by atoms with E-state index in [-0.39, 0.29) is 17.7 Å². The summed E-state index contributed by atoms with van der Waals surface area (Å²) in [7, 11) is 1.62. The second-order valence-electron chi connectivity index (χ2n) is 6.66. The molecule has 2 heterocycles. The van der Waals surface area contributed by atoms with Gasteiger partial charge in [-0.1, -0.05) is 19.1 Å². The van der Waals surface area contributed by atoms with Crippen LogP contribution < -0.4 is 5.32 Å². The van der Waals surface area contributed by atoms with E-state index in [1.165, 1.54) is 17.1 Å². The molecule has 0 bridgehead atoms. The van der Waals surface area contributed by atoms with Crippen LogP contribution in [0.15, 0.2) is 48.8 Å². The summed E-state index contributed by atoms with van der Waals surface area (Å²) in [5.74, 6) is 0.285. The second-order valence-corrected chi connectivity index (χ2v) is 6.66. The van der Waals surface area contributed by atoms with E-state index in [1.807, 2.05) is 6.92 Å². The molecule has 3 rings (SSSR count). The van der Waals surface area contributed by atoms with E-state index in [0.717, 1.165) is 5.56 Å². The third kappa shape index (κ3) is 4.59. The Morgan fingerprint density at radius 1 is 1.28 bits per heavy atom. The number of aromatic hydroxyl groups is 1. The number of ether oxygens (including phenoxy) is 1. The van der Waals surface area contributed by atoms with Crippen molar-refractivity contribution in [2.75, 3.05) is 20.3 Å². The zero-order chi connectivity index (χ0) is 20.8. The fourth-order valence-corrected chi connectivity index (χ4v) is 2.80. The van der Waals surface area contributed by atoms with Crippen LogP contribution in [0.4, 0.5) is 0 Å². The minimum atomic E-state index is -0.227. The Balaban J connectivity index is 1.74. The Morgan fingerprint density at radius 2 is 2.03 bits per heavy atom. The summed E-state index contributed by atoms with van der Waals surface area (Å²) in [6, 6.07) is 12.1. The van der Waals surface area contributed by atoms with Gasteiger partial charge < -0.3 is 15.2 Å². The lowest BCUT2D eigenvalue weighted by molar-refractivity contribution is 0.0933. The molecular formula is C21H21N5O3. The monoisotopic (exact) mass is 391 g/mol. The van der Waals surface area contributed by atoms with Crippen molar-refractivity contribution in [3.63, 3.8) is 0 Å². The first-order chi connectivity index (χ1) is 14.0. The molecule has 0 aliphatic rings. The maximum atomic E-state index is 12.2. The Kier molecular flexibility index (Phi) is 6.22. The van der Waals surface area contributed by atoms with Gasteiger partial charge in [0.1, 0.15) is 0 Å². The van der Waals surface area contributed by atoms with E-state index in [2.05, 4.69) is 21.5 Å².